The van der Waals surface area contributed by atoms with E-state index in [0.29, 0.717) is 11.7 Å². The Labute approximate surface area is 148 Å². The lowest BCUT2D eigenvalue weighted by Crippen LogP contribution is -2.44. The number of benzene rings is 1. The van der Waals surface area contributed by atoms with Crippen molar-refractivity contribution in [2.75, 3.05) is 0 Å². The molecule has 0 fully saturated rings. The van der Waals surface area contributed by atoms with E-state index in [0.717, 1.165) is 35.7 Å². The number of fused-ring (bicyclic) bond motifs is 1. The van der Waals surface area contributed by atoms with Crippen molar-refractivity contribution in [3.8, 4) is 0 Å². The standard InChI is InChI=1S/C21H25BrO/c1-13-9-18-10-14(2)16(4)12-21(18,11-15(13)3)20(23)17-5-7-19(22)8-6-17/h5-8,18H,9-12H2,1-4H3. The van der Waals surface area contributed by atoms with Crippen LogP contribution in [0.4, 0.5) is 0 Å². The summed E-state index contributed by atoms with van der Waals surface area (Å²) in [6, 6.07) is 7.90. The Balaban J connectivity index is 2.07. The van der Waals surface area contributed by atoms with E-state index in [-0.39, 0.29) is 5.41 Å². The van der Waals surface area contributed by atoms with Gasteiger partial charge >= 0.3 is 0 Å². The molecule has 0 saturated carbocycles. The van der Waals surface area contributed by atoms with Gasteiger partial charge in [-0.1, -0.05) is 50.4 Å². The van der Waals surface area contributed by atoms with Gasteiger partial charge in [-0.3, -0.25) is 4.79 Å². The minimum atomic E-state index is -0.235. The molecule has 0 amide bonds. The van der Waals surface area contributed by atoms with Crippen LogP contribution in [-0.4, -0.2) is 5.78 Å². The van der Waals surface area contributed by atoms with Gasteiger partial charge in [-0.15, -0.1) is 0 Å². The number of hydrogen-bond donors (Lipinski definition) is 0. The molecule has 0 radical (unpaired) electrons. The van der Waals surface area contributed by atoms with E-state index in [1.54, 1.807) is 0 Å². The SMILES string of the molecule is CC1=C(C)CC2(C(=O)c3ccc(Br)cc3)CC(C)=C(C)CC2C1. The highest BCUT2D eigenvalue weighted by Crippen LogP contribution is 2.54. The molecule has 2 aliphatic carbocycles. The van der Waals surface area contributed by atoms with Gasteiger partial charge in [0.2, 0.25) is 0 Å². The fourth-order valence-electron chi connectivity index (χ4n) is 4.38. The lowest BCUT2D eigenvalue weighted by Gasteiger charge is -2.47. The van der Waals surface area contributed by atoms with Gasteiger partial charge in [0.15, 0.2) is 5.78 Å². The van der Waals surface area contributed by atoms with Crippen LogP contribution in [0.3, 0.4) is 0 Å². The van der Waals surface area contributed by atoms with E-state index in [1.165, 1.54) is 22.3 Å². The summed E-state index contributed by atoms with van der Waals surface area (Å²) in [6.45, 7) is 8.90. The molecule has 1 nitrogen and oxygen atoms in total. The molecule has 2 heteroatoms. The van der Waals surface area contributed by atoms with E-state index in [2.05, 4.69) is 43.6 Å². The summed E-state index contributed by atoms with van der Waals surface area (Å²) in [6.07, 6.45) is 3.98. The molecule has 1 aromatic rings. The molecule has 0 bridgehead atoms. The topological polar surface area (TPSA) is 17.1 Å². The third-order valence-corrected chi connectivity index (χ3v) is 6.59. The molecule has 1 aromatic carbocycles. The number of carbonyl (C=O) groups excluding carboxylic acids is 1. The Hall–Kier alpha value is -1.15. The third kappa shape index (κ3) is 2.87. The summed E-state index contributed by atoms with van der Waals surface area (Å²) in [4.78, 5) is 13.5. The second-order valence-corrected chi connectivity index (χ2v) is 8.49. The molecule has 0 unspecified atom stereocenters. The van der Waals surface area contributed by atoms with E-state index in [4.69, 9.17) is 0 Å². The lowest BCUT2D eigenvalue weighted by atomic mass is 9.55. The van der Waals surface area contributed by atoms with Crippen molar-refractivity contribution >= 4 is 21.7 Å². The zero-order chi connectivity index (χ0) is 16.8. The molecule has 2 aliphatic rings. The molecule has 0 N–H and O–H groups in total. The summed E-state index contributed by atoms with van der Waals surface area (Å²) in [5.74, 6) is 0.791. The average Bonchev–Trinajstić information content (AvgIpc) is 2.51. The Kier molecular flexibility index (Phi) is 4.39. The van der Waals surface area contributed by atoms with Crippen LogP contribution in [0.2, 0.25) is 0 Å². The molecule has 23 heavy (non-hydrogen) atoms. The summed E-state index contributed by atoms with van der Waals surface area (Å²) < 4.78 is 1.02. The van der Waals surface area contributed by atoms with Gasteiger partial charge in [-0.05, 0) is 71.4 Å². The average molecular weight is 373 g/mol. The second kappa shape index (κ2) is 6.05. The maximum Gasteiger partial charge on any atom is 0.169 e. The van der Waals surface area contributed by atoms with Crippen molar-refractivity contribution in [1.82, 2.24) is 0 Å². The summed E-state index contributed by atoms with van der Waals surface area (Å²) in [5, 5.41) is 0. The summed E-state index contributed by atoms with van der Waals surface area (Å²) >= 11 is 3.47. The maximum atomic E-state index is 13.5. The van der Waals surface area contributed by atoms with Crippen LogP contribution in [0.5, 0.6) is 0 Å². The lowest BCUT2D eigenvalue weighted by molar-refractivity contribution is 0.0605. The molecule has 0 saturated heterocycles. The van der Waals surface area contributed by atoms with Crippen LogP contribution in [0.1, 0.15) is 63.7 Å². The van der Waals surface area contributed by atoms with Crippen molar-refractivity contribution < 1.29 is 4.79 Å². The highest BCUT2D eigenvalue weighted by Gasteiger charge is 2.49. The number of ketones is 1. The first-order chi connectivity index (χ1) is 10.8. The van der Waals surface area contributed by atoms with E-state index < -0.39 is 0 Å². The van der Waals surface area contributed by atoms with Crippen molar-refractivity contribution in [1.29, 1.82) is 0 Å². The van der Waals surface area contributed by atoms with Crippen molar-refractivity contribution in [2.24, 2.45) is 11.3 Å². The van der Waals surface area contributed by atoms with Crippen LogP contribution in [0.25, 0.3) is 0 Å². The van der Waals surface area contributed by atoms with E-state index in [9.17, 15) is 4.79 Å². The molecular weight excluding hydrogens is 348 g/mol. The Bertz CT molecular complexity index is 676. The Morgan fingerprint density at radius 3 is 1.87 bits per heavy atom. The number of allylic oxidation sites excluding steroid dienone is 4. The van der Waals surface area contributed by atoms with Crippen molar-refractivity contribution in [3.05, 3.63) is 56.6 Å². The predicted molar refractivity (Wildman–Crippen MR) is 99.6 cm³/mol. The quantitative estimate of drug-likeness (QED) is 0.427. The normalized spacial score (nSPS) is 28.0. The number of halogens is 1. The van der Waals surface area contributed by atoms with Crippen molar-refractivity contribution in [3.63, 3.8) is 0 Å². The molecule has 0 spiro atoms. The highest BCUT2D eigenvalue weighted by molar-refractivity contribution is 9.10. The number of rotatable bonds is 2. The fourth-order valence-corrected chi connectivity index (χ4v) is 4.65. The van der Waals surface area contributed by atoms with Gasteiger partial charge in [0.25, 0.3) is 0 Å². The zero-order valence-electron chi connectivity index (χ0n) is 14.5. The number of hydrogen-bond acceptors (Lipinski definition) is 1. The summed E-state index contributed by atoms with van der Waals surface area (Å²) in [7, 11) is 0. The van der Waals surface area contributed by atoms with E-state index in [1.807, 2.05) is 24.3 Å². The van der Waals surface area contributed by atoms with Crippen molar-refractivity contribution in [2.45, 2.75) is 53.4 Å². The summed E-state index contributed by atoms with van der Waals surface area (Å²) in [5.41, 5.74) is 6.43. The van der Waals surface area contributed by atoms with Crippen LogP contribution < -0.4 is 0 Å². The third-order valence-electron chi connectivity index (χ3n) is 6.06. The smallest absolute Gasteiger partial charge is 0.169 e. The molecular formula is C21H25BrO. The van der Waals surface area contributed by atoms with Gasteiger partial charge in [0.1, 0.15) is 0 Å². The van der Waals surface area contributed by atoms with Crippen LogP contribution in [0.15, 0.2) is 51.0 Å². The first-order valence-electron chi connectivity index (χ1n) is 8.44. The van der Waals surface area contributed by atoms with Gasteiger partial charge in [-0.25, -0.2) is 0 Å². The minimum absolute atomic E-state index is 0.235. The molecule has 0 aromatic heterocycles. The first-order valence-corrected chi connectivity index (χ1v) is 9.23. The molecule has 0 atom stereocenters. The molecule has 0 aliphatic heterocycles. The van der Waals surface area contributed by atoms with Gasteiger partial charge in [0.05, 0.1) is 0 Å². The predicted octanol–water partition coefficient (Wildman–Crippen LogP) is 6.49. The maximum absolute atomic E-state index is 13.5. The second-order valence-electron chi connectivity index (χ2n) is 7.57. The molecule has 122 valence electrons. The van der Waals surface area contributed by atoms with Crippen LogP contribution >= 0.6 is 15.9 Å². The van der Waals surface area contributed by atoms with Crippen LogP contribution in [-0.2, 0) is 0 Å². The van der Waals surface area contributed by atoms with Gasteiger partial charge in [-0.2, -0.15) is 0 Å². The number of carbonyl (C=O) groups is 1. The molecule has 3 rings (SSSR count). The van der Waals surface area contributed by atoms with Crippen LogP contribution in [0, 0.1) is 11.3 Å². The fraction of sp³-hybridized carbons (Fsp3) is 0.476. The monoisotopic (exact) mass is 372 g/mol. The van der Waals surface area contributed by atoms with E-state index >= 15 is 0 Å². The van der Waals surface area contributed by atoms with Gasteiger partial charge < -0.3 is 0 Å². The largest absolute Gasteiger partial charge is 0.294 e. The Morgan fingerprint density at radius 1 is 0.913 bits per heavy atom. The number of Topliss-reactive ketones (excluding diaryl/α,β-unsaturated/α-hetero) is 1. The minimum Gasteiger partial charge on any atom is -0.294 e. The highest BCUT2D eigenvalue weighted by atomic mass is 79.9. The first kappa shape index (κ1) is 16.7. The Morgan fingerprint density at radius 2 is 1.39 bits per heavy atom. The van der Waals surface area contributed by atoms with Gasteiger partial charge in [0, 0.05) is 15.5 Å². The zero-order valence-corrected chi connectivity index (χ0v) is 16.1. The molecule has 0 heterocycles.